The summed E-state index contributed by atoms with van der Waals surface area (Å²) in [5.74, 6) is 0.0201. The first-order chi connectivity index (χ1) is 9.51. The average molecular weight is 340 g/mol. The summed E-state index contributed by atoms with van der Waals surface area (Å²) in [4.78, 5) is 29.9. The molecule has 2 rings (SSSR count). The van der Waals surface area contributed by atoms with Crippen LogP contribution in [0.5, 0.6) is 0 Å². The van der Waals surface area contributed by atoms with Crippen molar-refractivity contribution in [3.63, 3.8) is 0 Å². The van der Waals surface area contributed by atoms with E-state index in [2.05, 4.69) is 26.2 Å². The number of carbonyl (C=O) groups is 2. The minimum Gasteiger partial charge on any atom is -0.342 e. The minimum atomic E-state index is -0.415. The summed E-state index contributed by atoms with van der Waals surface area (Å²) in [5, 5.41) is 2.79. The van der Waals surface area contributed by atoms with Crippen LogP contribution in [-0.2, 0) is 16.1 Å². The quantitative estimate of drug-likeness (QED) is 0.908. The molecule has 0 saturated carbocycles. The molecular formula is C14H18BrN3O2. The molecule has 1 N–H and O–H groups in total. The molecule has 0 radical (unpaired) electrons. The fourth-order valence-corrected chi connectivity index (χ4v) is 2.66. The van der Waals surface area contributed by atoms with Gasteiger partial charge in [-0.1, -0.05) is 20.3 Å². The Morgan fingerprint density at radius 3 is 2.90 bits per heavy atom. The van der Waals surface area contributed by atoms with Crippen LogP contribution in [0.15, 0.2) is 22.9 Å². The summed E-state index contributed by atoms with van der Waals surface area (Å²) < 4.78 is 0.863. The maximum absolute atomic E-state index is 12.4. The lowest BCUT2D eigenvalue weighted by Crippen LogP contribution is -2.59. The molecule has 1 aromatic heterocycles. The van der Waals surface area contributed by atoms with Crippen LogP contribution in [0.1, 0.15) is 25.8 Å². The van der Waals surface area contributed by atoms with E-state index in [0.717, 1.165) is 16.5 Å². The SMILES string of the molecule is CCC(C)C1NC(=O)CN(Cc2cncc(Br)c2)C1=O. The summed E-state index contributed by atoms with van der Waals surface area (Å²) in [6, 6.07) is 1.49. The topological polar surface area (TPSA) is 62.3 Å². The molecule has 5 nitrogen and oxygen atoms in total. The number of rotatable bonds is 4. The molecule has 20 heavy (non-hydrogen) atoms. The number of hydrogen-bond donors (Lipinski definition) is 1. The fraction of sp³-hybridized carbons (Fsp3) is 0.500. The van der Waals surface area contributed by atoms with Crippen molar-refractivity contribution in [2.75, 3.05) is 6.54 Å². The van der Waals surface area contributed by atoms with E-state index in [4.69, 9.17) is 0 Å². The lowest BCUT2D eigenvalue weighted by atomic mass is 9.96. The predicted octanol–water partition coefficient (Wildman–Crippen LogP) is 1.72. The third-order valence-electron chi connectivity index (χ3n) is 3.58. The second-order valence-corrected chi connectivity index (χ2v) is 6.05. The van der Waals surface area contributed by atoms with Gasteiger partial charge in [-0.05, 0) is 33.5 Å². The highest BCUT2D eigenvalue weighted by Gasteiger charge is 2.35. The van der Waals surface area contributed by atoms with Crippen molar-refractivity contribution in [2.45, 2.75) is 32.9 Å². The van der Waals surface area contributed by atoms with Crippen LogP contribution in [0.25, 0.3) is 0 Å². The molecule has 0 aliphatic carbocycles. The molecule has 1 aliphatic heterocycles. The van der Waals surface area contributed by atoms with Gasteiger partial charge in [0.1, 0.15) is 6.04 Å². The van der Waals surface area contributed by atoms with Crippen LogP contribution in [-0.4, -0.2) is 34.3 Å². The molecule has 108 valence electrons. The summed E-state index contributed by atoms with van der Waals surface area (Å²) in [6.07, 6.45) is 4.25. The summed E-state index contributed by atoms with van der Waals surface area (Å²) in [5.41, 5.74) is 0.908. The Morgan fingerprint density at radius 1 is 1.50 bits per heavy atom. The maximum atomic E-state index is 12.4. The molecule has 2 amide bonds. The van der Waals surface area contributed by atoms with Gasteiger partial charge in [0.25, 0.3) is 0 Å². The van der Waals surface area contributed by atoms with Crippen molar-refractivity contribution in [1.82, 2.24) is 15.2 Å². The number of amides is 2. The summed E-state index contributed by atoms with van der Waals surface area (Å²) in [6.45, 7) is 4.51. The summed E-state index contributed by atoms with van der Waals surface area (Å²) in [7, 11) is 0. The van der Waals surface area contributed by atoms with Crippen molar-refractivity contribution < 1.29 is 9.59 Å². The van der Waals surface area contributed by atoms with Gasteiger partial charge in [-0.15, -0.1) is 0 Å². The highest BCUT2D eigenvalue weighted by Crippen LogP contribution is 2.17. The number of piperazine rings is 1. The number of hydrogen-bond acceptors (Lipinski definition) is 3. The lowest BCUT2D eigenvalue weighted by Gasteiger charge is -2.35. The molecule has 2 atom stereocenters. The standard InChI is InChI=1S/C14H18BrN3O2/c1-3-9(2)13-14(20)18(8-12(19)17-13)7-10-4-11(15)6-16-5-10/h4-6,9,13H,3,7-8H2,1-2H3,(H,17,19). The lowest BCUT2D eigenvalue weighted by molar-refractivity contribution is -0.146. The fourth-order valence-electron chi connectivity index (χ4n) is 2.25. The van der Waals surface area contributed by atoms with Gasteiger partial charge in [-0.3, -0.25) is 14.6 Å². The monoisotopic (exact) mass is 339 g/mol. The molecule has 0 aromatic carbocycles. The van der Waals surface area contributed by atoms with E-state index in [1.54, 1.807) is 17.3 Å². The molecule has 2 unspecified atom stereocenters. The number of nitrogens with one attached hydrogen (secondary N) is 1. The molecule has 1 aliphatic rings. The predicted molar refractivity (Wildman–Crippen MR) is 78.7 cm³/mol. The van der Waals surface area contributed by atoms with Crippen LogP contribution in [0.4, 0.5) is 0 Å². The molecule has 0 spiro atoms. The number of aromatic nitrogens is 1. The van der Waals surface area contributed by atoms with Gasteiger partial charge in [0, 0.05) is 23.4 Å². The minimum absolute atomic E-state index is 0.0149. The Hall–Kier alpha value is -1.43. The number of pyridine rings is 1. The Balaban J connectivity index is 2.14. The Kier molecular flexibility index (Phi) is 4.75. The van der Waals surface area contributed by atoms with Crippen LogP contribution >= 0.6 is 15.9 Å². The first kappa shape index (κ1) is 15.0. The van der Waals surface area contributed by atoms with Crippen LogP contribution in [0.2, 0.25) is 0 Å². The zero-order chi connectivity index (χ0) is 14.7. The third kappa shape index (κ3) is 3.36. The molecule has 2 heterocycles. The van der Waals surface area contributed by atoms with Crippen molar-refractivity contribution >= 4 is 27.7 Å². The Labute approximate surface area is 126 Å². The normalized spacial score (nSPS) is 20.8. The highest BCUT2D eigenvalue weighted by atomic mass is 79.9. The second kappa shape index (κ2) is 6.35. The van der Waals surface area contributed by atoms with Crippen LogP contribution in [0.3, 0.4) is 0 Å². The molecule has 6 heteroatoms. The van der Waals surface area contributed by atoms with Gasteiger partial charge in [0.15, 0.2) is 0 Å². The van der Waals surface area contributed by atoms with E-state index < -0.39 is 6.04 Å². The molecular weight excluding hydrogens is 322 g/mol. The zero-order valence-corrected chi connectivity index (χ0v) is 13.2. The highest BCUT2D eigenvalue weighted by molar-refractivity contribution is 9.10. The largest absolute Gasteiger partial charge is 0.342 e. The van der Waals surface area contributed by atoms with E-state index in [1.807, 2.05) is 19.9 Å². The van der Waals surface area contributed by atoms with Crippen molar-refractivity contribution in [3.05, 3.63) is 28.5 Å². The zero-order valence-electron chi connectivity index (χ0n) is 11.6. The number of halogens is 1. The van der Waals surface area contributed by atoms with E-state index in [1.165, 1.54) is 0 Å². The van der Waals surface area contributed by atoms with Crippen LogP contribution < -0.4 is 5.32 Å². The third-order valence-corrected chi connectivity index (χ3v) is 4.01. The van der Waals surface area contributed by atoms with E-state index in [-0.39, 0.29) is 24.3 Å². The Bertz CT molecular complexity index is 521. The van der Waals surface area contributed by atoms with Gasteiger partial charge < -0.3 is 10.2 Å². The van der Waals surface area contributed by atoms with E-state index in [9.17, 15) is 9.59 Å². The van der Waals surface area contributed by atoms with Crippen molar-refractivity contribution in [3.8, 4) is 0 Å². The first-order valence-electron chi connectivity index (χ1n) is 6.68. The average Bonchev–Trinajstić information content (AvgIpc) is 2.41. The van der Waals surface area contributed by atoms with Crippen LogP contribution in [0, 0.1) is 5.92 Å². The van der Waals surface area contributed by atoms with Gasteiger partial charge in [0.2, 0.25) is 11.8 Å². The smallest absolute Gasteiger partial charge is 0.246 e. The first-order valence-corrected chi connectivity index (χ1v) is 7.48. The van der Waals surface area contributed by atoms with Gasteiger partial charge >= 0.3 is 0 Å². The van der Waals surface area contributed by atoms with Gasteiger partial charge in [0.05, 0.1) is 6.54 Å². The molecule has 0 bridgehead atoms. The van der Waals surface area contributed by atoms with Gasteiger partial charge in [-0.2, -0.15) is 0 Å². The number of carbonyl (C=O) groups excluding carboxylic acids is 2. The molecule has 1 fully saturated rings. The second-order valence-electron chi connectivity index (χ2n) is 5.14. The maximum Gasteiger partial charge on any atom is 0.246 e. The van der Waals surface area contributed by atoms with E-state index >= 15 is 0 Å². The Morgan fingerprint density at radius 2 is 2.25 bits per heavy atom. The van der Waals surface area contributed by atoms with E-state index in [0.29, 0.717) is 6.54 Å². The van der Waals surface area contributed by atoms with Gasteiger partial charge in [-0.25, -0.2) is 0 Å². The summed E-state index contributed by atoms with van der Waals surface area (Å²) >= 11 is 3.35. The van der Waals surface area contributed by atoms with Crippen molar-refractivity contribution in [1.29, 1.82) is 0 Å². The van der Waals surface area contributed by atoms with Crippen molar-refractivity contribution in [2.24, 2.45) is 5.92 Å². The molecule has 1 aromatic rings. The molecule has 1 saturated heterocycles. The number of nitrogens with zero attached hydrogens (tertiary/aromatic N) is 2.